The summed E-state index contributed by atoms with van der Waals surface area (Å²) < 4.78 is 10.0. The van der Waals surface area contributed by atoms with Crippen LogP contribution in [-0.2, 0) is 22.4 Å². The Morgan fingerprint density at radius 2 is 1.64 bits per heavy atom. The molecule has 0 atom stereocenters. The molecule has 172 valence electrons. The van der Waals surface area contributed by atoms with Crippen molar-refractivity contribution in [3.8, 4) is 5.75 Å². The number of anilines is 1. The first-order valence-electron chi connectivity index (χ1n) is 10.4. The van der Waals surface area contributed by atoms with E-state index in [1.54, 1.807) is 38.3 Å². The molecule has 0 spiro atoms. The first-order chi connectivity index (χ1) is 15.9. The average Bonchev–Trinajstić information content (AvgIpc) is 3.15. The van der Waals surface area contributed by atoms with E-state index in [1.165, 1.54) is 7.11 Å². The number of esters is 1. The van der Waals surface area contributed by atoms with Crippen LogP contribution in [0.3, 0.4) is 0 Å². The molecule has 0 aliphatic heterocycles. The number of ether oxygens (including phenoxy) is 2. The summed E-state index contributed by atoms with van der Waals surface area (Å²) in [6.07, 6.45) is 0.798. The summed E-state index contributed by atoms with van der Waals surface area (Å²) in [5.74, 6) is -0.507. The highest BCUT2D eigenvalue weighted by molar-refractivity contribution is 7.18. The fraction of sp³-hybridized carbons (Fsp3) is 0.240. The number of amides is 2. The second kappa shape index (κ2) is 11.3. The monoisotopic (exact) mass is 466 g/mol. The molecule has 7 nitrogen and oxygen atoms in total. The molecule has 1 heterocycles. The van der Waals surface area contributed by atoms with Crippen LogP contribution in [-0.4, -0.2) is 38.5 Å². The van der Waals surface area contributed by atoms with E-state index in [0.717, 1.165) is 22.5 Å². The zero-order chi connectivity index (χ0) is 23.8. The van der Waals surface area contributed by atoms with E-state index in [9.17, 15) is 14.4 Å². The summed E-state index contributed by atoms with van der Waals surface area (Å²) in [6, 6.07) is 17.0. The highest BCUT2D eigenvalue weighted by atomic mass is 32.1. The van der Waals surface area contributed by atoms with Crippen molar-refractivity contribution >= 4 is 34.1 Å². The van der Waals surface area contributed by atoms with Crippen LogP contribution < -0.4 is 15.4 Å². The molecule has 0 unspecified atom stereocenters. The maximum absolute atomic E-state index is 12.8. The number of rotatable bonds is 9. The lowest BCUT2D eigenvalue weighted by atomic mass is 10.1. The number of nitrogens with one attached hydrogen (secondary N) is 2. The smallest absolute Gasteiger partial charge is 0.341 e. The standard InChI is InChI=1S/C25H26N2O5S/c1-16-21(25(30)32-3)24(27-20(28)15-18-9-11-19(31-2)12-10-18)33-22(16)23(29)26-14-13-17-7-5-4-6-8-17/h4-12H,13-15H2,1-3H3,(H,26,29)(H,27,28). The summed E-state index contributed by atoms with van der Waals surface area (Å²) in [7, 11) is 2.84. The lowest BCUT2D eigenvalue weighted by Gasteiger charge is -2.07. The number of hydrogen-bond acceptors (Lipinski definition) is 6. The van der Waals surface area contributed by atoms with Crippen molar-refractivity contribution in [2.24, 2.45) is 0 Å². The van der Waals surface area contributed by atoms with Crippen molar-refractivity contribution in [2.45, 2.75) is 19.8 Å². The van der Waals surface area contributed by atoms with E-state index >= 15 is 0 Å². The van der Waals surface area contributed by atoms with Crippen molar-refractivity contribution in [2.75, 3.05) is 26.1 Å². The largest absolute Gasteiger partial charge is 0.497 e. The molecule has 0 radical (unpaired) electrons. The molecule has 0 aliphatic carbocycles. The van der Waals surface area contributed by atoms with Gasteiger partial charge in [-0.3, -0.25) is 9.59 Å². The molecule has 0 saturated carbocycles. The van der Waals surface area contributed by atoms with Crippen molar-refractivity contribution in [1.82, 2.24) is 5.32 Å². The van der Waals surface area contributed by atoms with Crippen molar-refractivity contribution in [1.29, 1.82) is 0 Å². The van der Waals surface area contributed by atoms with Crippen LogP contribution in [0, 0.1) is 6.92 Å². The second-order valence-electron chi connectivity index (χ2n) is 7.32. The van der Waals surface area contributed by atoms with E-state index in [0.29, 0.717) is 34.2 Å². The Morgan fingerprint density at radius 3 is 2.27 bits per heavy atom. The lowest BCUT2D eigenvalue weighted by Crippen LogP contribution is -2.25. The van der Waals surface area contributed by atoms with Crippen LogP contribution in [0.2, 0.25) is 0 Å². The Balaban J connectivity index is 1.72. The first-order valence-corrected chi connectivity index (χ1v) is 11.2. The Labute approximate surface area is 196 Å². The Morgan fingerprint density at radius 1 is 0.939 bits per heavy atom. The number of thiophene rings is 1. The molecular formula is C25H26N2O5S. The molecule has 0 fully saturated rings. The van der Waals surface area contributed by atoms with Gasteiger partial charge in [0.05, 0.1) is 31.1 Å². The summed E-state index contributed by atoms with van der Waals surface area (Å²) >= 11 is 1.06. The van der Waals surface area contributed by atoms with Gasteiger partial charge in [-0.15, -0.1) is 11.3 Å². The highest BCUT2D eigenvalue weighted by Gasteiger charge is 2.26. The summed E-state index contributed by atoms with van der Waals surface area (Å²) in [6.45, 7) is 2.13. The van der Waals surface area contributed by atoms with Gasteiger partial charge in [0.25, 0.3) is 5.91 Å². The van der Waals surface area contributed by atoms with Crippen LogP contribution in [0.1, 0.15) is 36.7 Å². The molecule has 2 aromatic carbocycles. The predicted octanol–water partition coefficient (Wildman–Crippen LogP) is 4.01. The lowest BCUT2D eigenvalue weighted by molar-refractivity contribution is -0.115. The van der Waals surface area contributed by atoms with Gasteiger partial charge < -0.3 is 20.1 Å². The molecular weight excluding hydrogens is 440 g/mol. The van der Waals surface area contributed by atoms with E-state index in [4.69, 9.17) is 9.47 Å². The second-order valence-corrected chi connectivity index (χ2v) is 8.34. The third-order valence-corrected chi connectivity index (χ3v) is 6.27. The Hall–Kier alpha value is -3.65. The van der Waals surface area contributed by atoms with Crippen LogP contribution in [0.25, 0.3) is 0 Å². The van der Waals surface area contributed by atoms with Gasteiger partial charge in [-0.25, -0.2) is 4.79 Å². The highest BCUT2D eigenvalue weighted by Crippen LogP contribution is 2.34. The third-order valence-electron chi connectivity index (χ3n) is 5.06. The normalized spacial score (nSPS) is 10.4. The molecule has 33 heavy (non-hydrogen) atoms. The summed E-state index contributed by atoms with van der Waals surface area (Å²) in [4.78, 5) is 38.2. The van der Waals surface area contributed by atoms with Gasteiger partial charge in [0.1, 0.15) is 10.8 Å². The van der Waals surface area contributed by atoms with E-state index in [1.807, 2.05) is 30.3 Å². The number of methoxy groups -OCH3 is 2. The molecule has 0 aliphatic rings. The first kappa shape index (κ1) is 24.0. The fourth-order valence-corrected chi connectivity index (χ4v) is 4.44. The Kier molecular flexibility index (Phi) is 8.21. The van der Waals surface area contributed by atoms with Crippen molar-refractivity contribution < 1.29 is 23.9 Å². The zero-order valence-electron chi connectivity index (χ0n) is 18.8. The molecule has 1 aromatic heterocycles. The van der Waals surface area contributed by atoms with Gasteiger partial charge in [0.2, 0.25) is 5.91 Å². The summed E-state index contributed by atoms with van der Waals surface area (Å²) in [5.41, 5.74) is 2.57. The van der Waals surface area contributed by atoms with Gasteiger partial charge in [-0.05, 0) is 42.2 Å². The van der Waals surface area contributed by atoms with Crippen LogP contribution in [0.4, 0.5) is 5.00 Å². The Bertz CT molecular complexity index is 1120. The van der Waals surface area contributed by atoms with Crippen LogP contribution >= 0.6 is 11.3 Å². The predicted molar refractivity (Wildman–Crippen MR) is 128 cm³/mol. The number of carbonyl (C=O) groups excluding carboxylic acids is 3. The molecule has 2 N–H and O–H groups in total. The molecule has 0 bridgehead atoms. The van der Waals surface area contributed by atoms with Gasteiger partial charge >= 0.3 is 5.97 Å². The van der Waals surface area contributed by atoms with Gasteiger partial charge in [0.15, 0.2) is 0 Å². The van der Waals surface area contributed by atoms with E-state index < -0.39 is 5.97 Å². The minimum absolute atomic E-state index is 0.111. The van der Waals surface area contributed by atoms with Crippen LogP contribution in [0.15, 0.2) is 54.6 Å². The minimum Gasteiger partial charge on any atom is -0.497 e. The van der Waals surface area contributed by atoms with E-state index in [-0.39, 0.29) is 23.8 Å². The average molecular weight is 467 g/mol. The van der Waals surface area contributed by atoms with Gasteiger partial charge in [0, 0.05) is 6.54 Å². The minimum atomic E-state index is -0.605. The van der Waals surface area contributed by atoms with Crippen molar-refractivity contribution in [3.63, 3.8) is 0 Å². The summed E-state index contributed by atoms with van der Waals surface area (Å²) in [5, 5.41) is 5.95. The topological polar surface area (TPSA) is 93.7 Å². The van der Waals surface area contributed by atoms with E-state index in [2.05, 4.69) is 10.6 Å². The number of carbonyl (C=O) groups is 3. The fourth-order valence-electron chi connectivity index (χ4n) is 3.31. The molecule has 3 aromatic rings. The molecule has 3 rings (SSSR count). The molecule has 2 amide bonds. The number of benzene rings is 2. The zero-order valence-corrected chi connectivity index (χ0v) is 19.6. The van der Waals surface area contributed by atoms with Gasteiger partial charge in [-0.2, -0.15) is 0 Å². The molecule has 0 saturated heterocycles. The quantitative estimate of drug-likeness (QED) is 0.465. The van der Waals surface area contributed by atoms with Crippen LogP contribution in [0.5, 0.6) is 5.75 Å². The third kappa shape index (κ3) is 6.20. The molecule has 8 heteroatoms. The SMILES string of the molecule is COC(=O)c1c(NC(=O)Cc2ccc(OC)cc2)sc(C(=O)NCCc2ccccc2)c1C. The van der Waals surface area contributed by atoms with Crippen molar-refractivity contribution in [3.05, 3.63) is 81.7 Å². The van der Waals surface area contributed by atoms with Gasteiger partial charge in [-0.1, -0.05) is 42.5 Å². The maximum Gasteiger partial charge on any atom is 0.341 e. The maximum atomic E-state index is 12.8. The number of hydrogen-bond donors (Lipinski definition) is 2.